The molecule has 0 aliphatic carbocycles. The van der Waals surface area contributed by atoms with Crippen LogP contribution in [0.15, 0.2) is 29.6 Å². The lowest BCUT2D eigenvalue weighted by molar-refractivity contribution is 0.136. The molecule has 0 spiro atoms. The lowest BCUT2D eigenvalue weighted by Crippen LogP contribution is -2.49. The van der Waals surface area contributed by atoms with Gasteiger partial charge >= 0.3 is 0 Å². The molecular weight excluding hydrogens is 266 g/mol. The molecule has 2 fully saturated rings. The van der Waals surface area contributed by atoms with E-state index >= 15 is 0 Å². The molecule has 2 nitrogen and oxygen atoms in total. The number of nitrogens with one attached hydrogen (secondary N) is 1. The molecule has 2 saturated heterocycles. The van der Waals surface area contributed by atoms with E-state index in [0.29, 0.717) is 0 Å². The quantitative estimate of drug-likeness (QED) is 0.913. The van der Waals surface area contributed by atoms with Gasteiger partial charge in [-0.15, -0.1) is 11.3 Å². The number of piperidine rings is 2. The number of hydrogen-bond acceptors (Lipinski definition) is 3. The van der Waals surface area contributed by atoms with Crippen LogP contribution in [0.2, 0.25) is 0 Å². The molecule has 4 rings (SSSR count). The third-order valence-electron chi connectivity index (χ3n) is 4.72. The summed E-state index contributed by atoms with van der Waals surface area (Å²) in [5, 5.41) is 7.19. The Morgan fingerprint density at radius 1 is 1.15 bits per heavy atom. The van der Waals surface area contributed by atoms with Gasteiger partial charge in [-0.1, -0.05) is 6.42 Å². The third-order valence-corrected chi connectivity index (χ3v) is 5.62. The van der Waals surface area contributed by atoms with Crippen molar-refractivity contribution in [1.82, 2.24) is 5.32 Å². The van der Waals surface area contributed by atoms with E-state index in [1.807, 2.05) is 0 Å². The molecule has 1 unspecified atom stereocenters. The van der Waals surface area contributed by atoms with E-state index in [1.165, 1.54) is 42.2 Å². The van der Waals surface area contributed by atoms with Crippen LogP contribution in [0.25, 0.3) is 10.1 Å². The second-order valence-electron chi connectivity index (χ2n) is 6.26. The summed E-state index contributed by atoms with van der Waals surface area (Å²) in [4.78, 5) is 0. The van der Waals surface area contributed by atoms with Crippen molar-refractivity contribution in [1.29, 1.82) is 0 Å². The standard InChI is InChI=1S/C17H21NOS/c1-2-14-8-12(9-15(3-1)18-14)11-19-16-4-5-17-13(10-16)6-7-20-17/h4-7,10,12,14-15,18H,1-3,8-9,11H2/t12?,14-,15+. The van der Waals surface area contributed by atoms with Crippen molar-refractivity contribution >= 4 is 21.4 Å². The Bertz CT molecular complexity index is 581. The van der Waals surface area contributed by atoms with Gasteiger partial charge in [-0.2, -0.15) is 0 Å². The molecule has 3 atom stereocenters. The third kappa shape index (κ3) is 2.57. The van der Waals surface area contributed by atoms with Crippen molar-refractivity contribution in [3.05, 3.63) is 29.6 Å². The topological polar surface area (TPSA) is 21.3 Å². The Morgan fingerprint density at radius 3 is 2.85 bits per heavy atom. The highest BCUT2D eigenvalue weighted by Gasteiger charge is 2.31. The molecule has 2 aromatic rings. The van der Waals surface area contributed by atoms with E-state index in [0.717, 1.165) is 30.4 Å². The first-order valence-corrected chi connectivity index (χ1v) is 8.61. The van der Waals surface area contributed by atoms with Crippen molar-refractivity contribution in [2.24, 2.45) is 5.92 Å². The number of hydrogen-bond donors (Lipinski definition) is 1. The molecule has 106 valence electrons. The molecule has 2 aliphatic rings. The van der Waals surface area contributed by atoms with Crippen molar-refractivity contribution < 1.29 is 4.74 Å². The molecule has 1 aromatic heterocycles. The van der Waals surface area contributed by atoms with Gasteiger partial charge in [0.2, 0.25) is 0 Å². The highest BCUT2D eigenvalue weighted by atomic mass is 32.1. The zero-order valence-electron chi connectivity index (χ0n) is 11.7. The Balaban J connectivity index is 1.39. The van der Waals surface area contributed by atoms with Crippen LogP contribution in [-0.4, -0.2) is 18.7 Å². The Morgan fingerprint density at radius 2 is 2.00 bits per heavy atom. The molecule has 3 heterocycles. The van der Waals surface area contributed by atoms with E-state index in [-0.39, 0.29) is 0 Å². The van der Waals surface area contributed by atoms with Crippen molar-refractivity contribution in [3.63, 3.8) is 0 Å². The van der Waals surface area contributed by atoms with E-state index < -0.39 is 0 Å². The van der Waals surface area contributed by atoms with Crippen LogP contribution in [0.3, 0.4) is 0 Å². The normalized spacial score (nSPS) is 29.5. The average molecular weight is 287 g/mol. The maximum Gasteiger partial charge on any atom is 0.120 e. The molecule has 3 heteroatoms. The van der Waals surface area contributed by atoms with Gasteiger partial charge in [0.15, 0.2) is 0 Å². The van der Waals surface area contributed by atoms with Crippen LogP contribution >= 0.6 is 11.3 Å². The van der Waals surface area contributed by atoms with Crippen LogP contribution in [-0.2, 0) is 0 Å². The van der Waals surface area contributed by atoms with Crippen LogP contribution < -0.4 is 10.1 Å². The second-order valence-corrected chi connectivity index (χ2v) is 7.21. The molecule has 0 radical (unpaired) electrons. The van der Waals surface area contributed by atoms with E-state index in [4.69, 9.17) is 4.74 Å². The van der Waals surface area contributed by atoms with Gasteiger partial charge in [0.25, 0.3) is 0 Å². The van der Waals surface area contributed by atoms with Crippen LogP contribution in [0, 0.1) is 5.92 Å². The summed E-state index contributed by atoms with van der Waals surface area (Å²) in [6, 6.07) is 10.1. The fourth-order valence-electron chi connectivity index (χ4n) is 3.77. The Labute approximate surface area is 124 Å². The van der Waals surface area contributed by atoms with E-state index in [2.05, 4.69) is 35.0 Å². The lowest BCUT2D eigenvalue weighted by atomic mass is 9.81. The minimum atomic E-state index is 0.727. The zero-order chi connectivity index (χ0) is 13.4. The summed E-state index contributed by atoms with van der Waals surface area (Å²) in [5.41, 5.74) is 0. The zero-order valence-corrected chi connectivity index (χ0v) is 12.5. The molecule has 0 saturated carbocycles. The fraction of sp³-hybridized carbons (Fsp3) is 0.529. The van der Waals surface area contributed by atoms with Crippen molar-refractivity contribution in [3.8, 4) is 5.75 Å². The SMILES string of the molecule is c1cc2cc(OCC3C[C@H]4CCC[C@@H](C3)N4)ccc2s1. The summed E-state index contributed by atoms with van der Waals surface area (Å²) < 4.78 is 7.41. The highest BCUT2D eigenvalue weighted by Crippen LogP contribution is 2.31. The average Bonchev–Trinajstić information content (AvgIpc) is 2.92. The summed E-state index contributed by atoms with van der Waals surface area (Å²) in [6.07, 6.45) is 6.70. The minimum absolute atomic E-state index is 0.727. The van der Waals surface area contributed by atoms with Crippen molar-refractivity contribution in [2.45, 2.75) is 44.2 Å². The smallest absolute Gasteiger partial charge is 0.120 e. The van der Waals surface area contributed by atoms with E-state index in [9.17, 15) is 0 Å². The van der Waals surface area contributed by atoms with Gasteiger partial charge in [-0.05, 0) is 66.6 Å². The highest BCUT2D eigenvalue weighted by molar-refractivity contribution is 7.17. The molecule has 1 N–H and O–H groups in total. The number of fused-ring (bicyclic) bond motifs is 3. The van der Waals surface area contributed by atoms with Crippen LogP contribution in [0.1, 0.15) is 32.1 Å². The molecule has 20 heavy (non-hydrogen) atoms. The largest absolute Gasteiger partial charge is 0.493 e. The molecule has 1 aromatic carbocycles. The van der Waals surface area contributed by atoms with Crippen LogP contribution in [0.5, 0.6) is 5.75 Å². The molecular formula is C17H21NOS. The number of ether oxygens (including phenoxy) is 1. The maximum atomic E-state index is 6.07. The second kappa shape index (κ2) is 5.38. The summed E-state index contributed by atoms with van der Waals surface area (Å²) in [7, 11) is 0. The van der Waals surface area contributed by atoms with Gasteiger partial charge in [-0.3, -0.25) is 0 Å². The molecule has 2 bridgehead atoms. The van der Waals surface area contributed by atoms with Gasteiger partial charge in [-0.25, -0.2) is 0 Å². The minimum Gasteiger partial charge on any atom is -0.493 e. The Hall–Kier alpha value is -1.06. The summed E-state index contributed by atoms with van der Waals surface area (Å²) >= 11 is 1.79. The van der Waals surface area contributed by atoms with Gasteiger partial charge in [0.05, 0.1) is 6.61 Å². The number of rotatable bonds is 3. The number of benzene rings is 1. The first-order chi connectivity index (χ1) is 9.87. The van der Waals surface area contributed by atoms with Crippen molar-refractivity contribution in [2.75, 3.05) is 6.61 Å². The van der Waals surface area contributed by atoms with Crippen LogP contribution in [0.4, 0.5) is 0 Å². The van der Waals surface area contributed by atoms with E-state index in [1.54, 1.807) is 11.3 Å². The van der Waals surface area contributed by atoms with Gasteiger partial charge in [0.1, 0.15) is 5.75 Å². The maximum absolute atomic E-state index is 6.07. The Kier molecular flexibility index (Phi) is 3.41. The summed E-state index contributed by atoms with van der Waals surface area (Å²) in [6.45, 7) is 0.879. The fourth-order valence-corrected chi connectivity index (χ4v) is 4.54. The first-order valence-electron chi connectivity index (χ1n) is 7.73. The predicted octanol–water partition coefficient (Wildman–Crippen LogP) is 4.20. The monoisotopic (exact) mass is 287 g/mol. The van der Waals surface area contributed by atoms with Gasteiger partial charge < -0.3 is 10.1 Å². The summed E-state index contributed by atoms with van der Waals surface area (Å²) in [5.74, 6) is 1.75. The first kappa shape index (κ1) is 12.7. The van der Waals surface area contributed by atoms with Gasteiger partial charge in [0, 0.05) is 16.8 Å². The number of thiophene rings is 1. The molecule has 2 aliphatic heterocycles. The lowest BCUT2D eigenvalue weighted by Gasteiger charge is -2.40. The predicted molar refractivity (Wildman–Crippen MR) is 84.6 cm³/mol. The molecule has 0 amide bonds.